The molecule has 0 aliphatic heterocycles. The highest BCUT2D eigenvalue weighted by Gasteiger charge is 1.94. The first-order valence-corrected chi connectivity index (χ1v) is 13.3. The number of hydrogen-bond acceptors (Lipinski definition) is 0. The van der Waals surface area contributed by atoms with E-state index in [-0.39, 0.29) is 0 Å². The molecule has 0 spiro atoms. The minimum atomic E-state index is 1.26. The average molecular weight is 403 g/mol. The second-order valence-corrected chi connectivity index (χ2v) is 8.77. The summed E-state index contributed by atoms with van der Waals surface area (Å²) in [6.07, 6.45) is 43.3. The van der Waals surface area contributed by atoms with Gasteiger partial charge in [0.25, 0.3) is 0 Å². The molecule has 0 unspecified atom stereocenters. The van der Waals surface area contributed by atoms with Crippen LogP contribution in [0.3, 0.4) is 0 Å². The first-order valence-electron chi connectivity index (χ1n) is 13.3. The zero-order valence-electron chi connectivity index (χ0n) is 20.3. The molecule has 29 heavy (non-hydrogen) atoms. The quantitative estimate of drug-likeness (QED) is 0.118. The summed E-state index contributed by atoms with van der Waals surface area (Å²) >= 11 is 0. The topological polar surface area (TPSA) is 0 Å². The van der Waals surface area contributed by atoms with Gasteiger partial charge in [0, 0.05) is 0 Å². The van der Waals surface area contributed by atoms with Crippen molar-refractivity contribution in [2.75, 3.05) is 0 Å². The molecule has 0 amide bonds. The van der Waals surface area contributed by atoms with Crippen LogP contribution in [0.1, 0.15) is 149 Å². The summed E-state index contributed by atoms with van der Waals surface area (Å²) < 4.78 is 0. The van der Waals surface area contributed by atoms with Crippen LogP contribution in [0.5, 0.6) is 0 Å². The Bertz CT molecular complexity index is 360. The molecule has 0 rings (SSSR count). The van der Waals surface area contributed by atoms with Gasteiger partial charge in [-0.3, -0.25) is 0 Å². The van der Waals surface area contributed by atoms with E-state index in [1.165, 1.54) is 135 Å². The van der Waals surface area contributed by atoms with Crippen molar-refractivity contribution in [3.05, 3.63) is 36.5 Å². The lowest BCUT2D eigenvalue weighted by Crippen LogP contribution is -1.83. The van der Waals surface area contributed by atoms with Gasteiger partial charge in [-0.2, -0.15) is 0 Å². The van der Waals surface area contributed by atoms with Gasteiger partial charge < -0.3 is 0 Å². The Labute approximate surface area is 185 Å². The van der Waals surface area contributed by atoms with Crippen molar-refractivity contribution in [2.45, 2.75) is 149 Å². The maximum atomic E-state index is 2.42. The van der Waals surface area contributed by atoms with E-state index in [0.717, 1.165) is 0 Å². The monoisotopic (exact) mass is 402 g/mol. The Morgan fingerprint density at radius 1 is 0.276 bits per heavy atom. The zero-order valence-corrected chi connectivity index (χ0v) is 20.3. The van der Waals surface area contributed by atoms with E-state index in [1.807, 2.05) is 0 Å². The Morgan fingerprint density at radius 2 is 0.483 bits per heavy atom. The van der Waals surface area contributed by atoms with Gasteiger partial charge >= 0.3 is 0 Å². The first kappa shape index (κ1) is 28.2. The number of unbranched alkanes of at least 4 members (excludes halogenated alkanes) is 19. The van der Waals surface area contributed by atoms with Crippen LogP contribution in [0.15, 0.2) is 36.5 Å². The maximum absolute atomic E-state index is 2.42. The molecule has 0 saturated heterocycles. The van der Waals surface area contributed by atoms with Crippen LogP contribution >= 0.6 is 0 Å². The molecule has 0 bridgehead atoms. The molecule has 0 heteroatoms. The molecule has 0 N–H and O–H groups in total. The van der Waals surface area contributed by atoms with Crippen molar-refractivity contribution in [2.24, 2.45) is 0 Å². The van der Waals surface area contributed by atoms with E-state index in [9.17, 15) is 0 Å². The average Bonchev–Trinajstić information content (AvgIpc) is 2.74. The van der Waals surface area contributed by atoms with Gasteiger partial charge in [0.05, 0.1) is 0 Å². The largest absolute Gasteiger partial charge is 0.0917 e. The minimum Gasteiger partial charge on any atom is -0.0917 e. The van der Waals surface area contributed by atoms with Gasteiger partial charge in [0.15, 0.2) is 0 Å². The summed E-state index contributed by atoms with van der Waals surface area (Å²) in [5.74, 6) is 0. The third-order valence-electron chi connectivity index (χ3n) is 5.87. The van der Waals surface area contributed by atoms with Gasteiger partial charge in [0.1, 0.15) is 0 Å². The van der Waals surface area contributed by atoms with Crippen molar-refractivity contribution in [3.63, 3.8) is 0 Å². The predicted octanol–water partition coefficient (Wildman–Crippen LogP) is 10.9. The smallest absolute Gasteiger partial charge is 0.0351 e. The normalized spacial score (nSPS) is 12.2. The van der Waals surface area contributed by atoms with Crippen molar-refractivity contribution in [1.29, 1.82) is 0 Å². The molecule has 0 aliphatic carbocycles. The third-order valence-corrected chi connectivity index (χ3v) is 5.87. The van der Waals surface area contributed by atoms with Crippen molar-refractivity contribution in [3.8, 4) is 0 Å². The van der Waals surface area contributed by atoms with Gasteiger partial charge in [-0.1, -0.05) is 120 Å². The van der Waals surface area contributed by atoms with Crippen LogP contribution in [0.25, 0.3) is 0 Å². The fourth-order valence-electron chi connectivity index (χ4n) is 3.92. The van der Waals surface area contributed by atoms with Crippen LogP contribution in [0, 0.1) is 0 Å². The Hall–Kier alpha value is -0.780. The molecular weight excluding hydrogens is 348 g/mol. The van der Waals surface area contributed by atoms with E-state index < -0.39 is 0 Å². The molecule has 0 aliphatic rings. The van der Waals surface area contributed by atoms with Crippen LogP contribution in [-0.4, -0.2) is 0 Å². The summed E-state index contributed by atoms with van der Waals surface area (Å²) in [6, 6.07) is 0. The van der Waals surface area contributed by atoms with Gasteiger partial charge in [-0.25, -0.2) is 0 Å². The van der Waals surface area contributed by atoms with E-state index in [1.54, 1.807) is 0 Å². The fourth-order valence-corrected chi connectivity index (χ4v) is 3.92. The molecular formula is C29H54. The first-order chi connectivity index (χ1) is 14.4. The predicted molar refractivity (Wildman–Crippen MR) is 136 cm³/mol. The SMILES string of the molecule is CC=CCCCCCC=CCCCCCCCCCCCCCCCCC=CC. The molecule has 0 heterocycles. The van der Waals surface area contributed by atoms with Crippen LogP contribution in [-0.2, 0) is 0 Å². The number of hydrogen-bond donors (Lipinski definition) is 0. The Morgan fingerprint density at radius 3 is 0.759 bits per heavy atom. The second kappa shape index (κ2) is 27.2. The summed E-state index contributed by atoms with van der Waals surface area (Å²) in [5.41, 5.74) is 0. The van der Waals surface area contributed by atoms with E-state index in [2.05, 4.69) is 50.3 Å². The second-order valence-electron chi connectivity index (χ2n) is 8.77. The van der Waals surface area contributed by atoms with E-state index in [4.69, 9.17) is 0 Å². The molecule has 0 aromatic carbocycles. The van der Waals surface area contributed by atoms with Crippen LogP contribution in [0.4, 0.5) is 0 Å². The van der Waals surface area contributed by atoms with Gasteiger partial charge in [0.2, 0.25) is 0 Å². The molecule has 0 radical (unpaired) electrons. The number of allylic oxidation sites excluding steroid dienone is 6. The van der Waals surface area contributed by atoms with Crippen molar-refractivity contribution in [1.82, 2.24) is 0 Å². The highest BCUT2D eigenvalue weighted by Crippen LogP contribution is 2.14. The highest BCUT2D eigenvalue weighted by atomic mass is 14.0. The van der Waals surface area contributed by atoms with Gasteiger partial charge in [-0.05, 0) is 65.2 Å². The lowest BCUT2D eigenvalue weighted by molar-refractivity contribution is 0.534. The number of rotatable bonds is 23. The summed E-state index contributed by atoms with van der Waals surface area (Å²) in [5, 5.41) is 0. The molecule has 0 nitrogen and oxygen atoms in total. The lowest BCUT2D eigenvalue weighted by Gasteiger charge is -2.03. The van der Waals surface area contributed by atoms with E-state index in [0.29, 0.717) is 0 Å². The molecule has 0 fully saturated rings. The van der Waals surface area contributed by atoms with Gasteiger partial charge in [-0.15, -0.1) is 0 Å². The van der Waals surface area contributed by atoms with Crippen LogP contribution in [0.2, 0.25) is 0 Å². The van der Waals surface area contributed by atoms with Crippen molar-refractivity contribution >= 4 is 0 Å². The van der Waals surface area contributed by atoms with Crippen molar-refractivity contribution < 1.29 is 0 Å². The zero-order chi connectivity index (χ0) is 21.1. The molecule has 0 atom stereocenters. The maximum Gasteiger partial charge on any atom is -0.0351 e. The highest BCUT2D eigenvalue weighted by molar-refractivity contribution is 4.82. The fraction of sp³-hybridized carbons (Fsp3) is 0.793. The molecule has 170 valence electrons. The summed E-state index contributed by atoms with van der Waals surface area (Å²) in [7, 11) is 0. The summed E-state index contributed by atoms with van der Waals surface area (Å²) in [6.45, 7) is 4.23. The molecule has 0 aromatic rings. The molecule has 0 aromatic heterocycles. The summed E-state index contributed by atoms with van der Waals surface area (Å²) in [4.78, 5) is 0. The Kier molecular flexibility index (Phi) is 26.5. The molecule has 0 saturated carbocycles. The lowest BCUT2D eigenvalue weighted by atomic mass is 10.0. The van der Waals surface area contributed by atoms with E-state index >= 15 is 0 Å². The Balaban J connectivity index is 3.07. The van der Waals surface area contributed by atoms with Crippen LogP contribution < -0.4 is 0 Å². The standard InChI is InChI=1S/C29H54/c1-3-5-7-9-11-13-15-17-19-21-23-25-27-29-28-26-24-22-20-18-16-14-12-10-8-6-4-2/h3-6,17,19H,7-16,18,20-29H2,1-2H3. The third kappa shape index (κ3) is 27.2. The minimum absolute atomic E-state index is 1.26.